The molecular formula is C13H21O. The van der Waals surface area contributed by atoms with E-state index in [0.29, 0.717) is 0 Å². The summed E-state index contributed by atoms with van der Waals surface area (Å²) in [5, 5.41) is 9.91. The summed E-state index contributed by atoms with van der Waals surface area (Å²) in [7, 11) is 0. The minimum absolute atomic E-state index is 0.787. The number of hydrogen-bond acceptors (Lipinski definition) is 0. The molecule has 0 rings (SSSR count). The Morgan fingerprint density at radius 1 is 0.857 bits per heavy atom. The average Bonchev–Trinajstić information content (AvgIpc) is 2.21. The molecule has 0 fully saturated rings. The quantitative estimate of drug-likeness (QED) is 0.309. The third kappa shape index (κ3) is 11.0. The molecule has 0 N–H and O–H groups in total. The van der Waals surface area contributed by atoms with Crippen LogP contribution in [0.4, 0.5) is 0 Å². The molecule has 1 nitrogen and oxygen atoms in total. The highest BCUT2D eigenvalue weighted by molar-refractivity contribution is 5.09. The van der Waals surface area contributed by atoms with Gasteiger partial charge in [0, 0.05) is 0 Å². The lowest BCUT2D eigenvalue weighted by Crippen LogP contribution is -1.75. The highest BCUT2D eigenvalue weighted by Crippen LogP contribution is 2.05. The van der Waals surface area contributed by atoms with Gasteiger partial charge in [0.1, 0.15) is 6.26 Å². The molecule has 0 heterocycles. The molecule has 0 spiro atoms. The fourth-order valence-electron chi connectivity index (χ4n) is 1.21. The van der Waals surface area contributed by atoms with Gasteiger partial charge in [-0.3, -0.25) is 5.11 Å². The molecule has 0 saturated heterocycles. The lowest BCUT2D eigenvalue weighted by atomic mass is 10.1. The van der Waals surface area contributed by atoms with E-state index in [-0.39, 0.29) is 0 Å². The lowest BCUT2D eigenvalue weighted by Gasteiger charge is -1.95. The van der Waals surface area contributed by atoms with Gasteiger partial charge < -0.3 is 0 Å². The Kier molecular flexibility index (Phi) is 11.2. The van der Waals surface area contributed by atoms with Crippen molar-refractivity contribution in [1.29, 1.82) is 0 Å². The molecule has 0 saturated carbocycles. The van der Waals surface area contributed by atoms with Crippen LogP contribution in [0.25, 0.3) is 0 Å². The number of rotatable bonds is 8. The van der Waals surface area contributed by atoms with Gasteiger partial charge in [-0.2, -0.15) is 0 Å². The summed E-state index contributed by atoms with van der Waals surface area (Å²) < 4.78 is 0. The van der Waals surface area contributed by atoms with Crippen LogP contribution in [-0.4, -0.2) is 0 Å². The first-order valence-corrected chi connectivity index (χ1v) is 5.52. The van der Waals surface area contributed by atoms with E-state index in [9.17, 15) is 5.11 Å². The lowest BCUT2D eigenvalue weighted by molar-refractivity contribution is 0.352. The fraction of sp³-hybridized carbons (Fsp3) is 0.538. The molecule has 79 valence electrons. The standard InChI is InChI=1S/C13H21O/c1-2-3-4-5-6-7-8-9-10-11-12-13-14/h8-13H,2-7H2,1H3. The van der Waals surface area contributed by atoms with Crippen LogP contribution in [0.3, 0.4) is 0 Å². The number of unbranched alkanes of at least 4 members (excludes halogenated alkanes) is 5. The van der Waals surface area contributed by atoms with Gasteiger partial charge in [-0.05, 0) is 18.9 Å². The molecule has 0 amide bonds. The van der Waals surface area contributed by atoms with Gasteiger partial charge in [-0.25, -0.2) is 0 Å². The molecule has 1 radical (unpaired) electrons. The molecule has 0 atom stereocenters. The van der Waals surface area contributed by atoms with Crippen LogP contribution < -0.4 is 0 Å². The summed E-state index contributed by atoms with van der Waals surface area (Å²) in [6.45, 7) is 2.23. The Hall–Kier alpha value is -0.980. The van der Waals surface area contributed by atoms with E-state index in [1.807, 2.05) is 12.2 Å². The third-order valence-corrected chi connectivity index (χ3v) is 2.02. The van der Waals surface area contributed by atoms with Gasteiger partial charge in [0.25, 0.3) is 0 Å². The van der Waals surface area contributed by atoms with Gasteiger partial charge in [-0.1, -0.05) is 56.9 Å². The summed E-state index contributed by atoms with van der Waals surface area (Å²) in [5.74, 6) is 0. The van der Waals surface area contributed by atoms with Crippen LogP contribution in [0.1, 0.15) is 45.4 Å². The van der Waals surface area contributed by atoms with Crippen LogP contribution in [0.2, 0.25) is 0 Å². The van der Waals surface area contributed by atoms with Crippen molar-refractivity contribution in [3.05, 3.63) is 36.6 Å². The first kappa shape index (κ1) is 13.0. The SMILES string of the molecule is CCCCCCCC=CC=CC=C[O]. The predicted octanol–water partition coefficient (Wildman–Crippen LogP) is 4.40. The van der Waals surface area contributed by atoms with Gasteiger partial charge in [0.15, 0.2) is 0 Å². The maximum atomic E-state index is 9.91. The fourth-order valence-corrected chi connectivity index (χ4v) is 1.21. The van der Waals surface area contributed by atoms with E-state index in [4.69, 9.17) is 0 Å². The van der Waals surface area contributed by atoms with Gasteiger partial charge in [0.05, 0.1) is 0 Å². The smallest absolute Gasteiger partial charge is 0.142 e. The zero-order chi connectivity index (χ0) is 10.5. The van der Waals surface area contributed by atoms with Gasteiger partial charge in [0.2, 0.25) is 0 Å². The third-order valence-electron chi connectivity index (χ3n) is 2.02. The molecule has 0 aromatic carbocycles. The summed E-state index contributed by atoms with van der Waals surface area (Å²) in [4.78, 5) is 0. The molecule has 0 aliphatic carbocycles. The Balaban J connectivity index is 3.18. The Bertz CT molecular complexity index is 178. The normalized spacial score (nSPS) is 12.4. The van der Waals surface area contributed by atoms with E-state index in [2.05, 4.69) is 13.0 Å². The Morgan fingerprint density at radius 3 is 2.29 bits per heavy atom. The molecular weight excluding hydrogens is 172 g/mol. The van der Waals surface area contributed by atoms with Crippen LogP contribution in [0, 0.1) is 0 Å². The summed E-state index contributed by atoms with van der Waals surface area (Å²) in [6.07, 6.45) is 17.9. The minimum Gasteiger partial charge on any atom is -0.299 e. The van der Waals surface area contributed by atoms with Crippen LogP contribution in [0.5, 0.6) is 0 Å². The van der Waals surface area contributed by atoms with Crippen molar-refractivity contribution in [2.24, 2.45) is 0 Å². The second-order valence-corrected chi connectivity index (χ2v) is 3.34. The highest BCUT2D eigenvalue weighted by Gasteiger charge is 1.85. The largest absolute Gasteiger partial charge is 0.299 e. The van der Waals surface area contributed by atoms with Crippen molar-refractivity contribution in [2.45, 2.75) is 45.4 Å². The van der Waals surface area contributed by atoms with E-state index in [0.717, 1.165) is 12.7 Å². The van der Waals surface area contributed by atoms with E-state index in [1.165, 1.54) is 38.2 Å². The minimum atomic E-state index is 0.787. The molecule has 0 aromatic rings. The molecule has 0 unspecified atom stereocenters. The zero-order valence-corrected chi connectivity index (χ0v) is 9.11. The maximum absolute atomic E-state index is 9.91. The maximum Gasteiger partial charge on any atom is 0.142 e. The van der Waals surface area contributed by atoms with Crippen molar-refractivity contribution in [2.75, 3.05) is 0 Å². The topological polar surface area (TPSA) is 19.9 Å². The summed E-state index contributed by atoms with van der Waals surface area (Å²) in [5.41, 5.74) is 0. The summed E-state index contributed by atoms with van der Waals surface area (Å²) >= 11 is 0. The van der Waals surface area contributed by atoms with Crippen LogP contribution >= 0.6 is 0 Å². The average molecular weight is 193 g/mol. The second kappa shape index (κ2) is 12.0. The monoisotopic (exact) mass is 193 g/mol. The molecule has 0 aliphatic heterocycles. The van der Waals surface area contributed by atoms with Crippen molar-refractivity contribution >= 4 is 0 Å². The number of hydrogen-bond donors (Lipinski definition) is 0. The predicted molar refractivity (Wildman–Crippen MR) is 61.5 cm³/mol. The summed E-state index contributed by atoms with van der Waals surface area (Å²) in [6, 6.07) is 0. The molecule has 1 heteroatoms. The van der Waals surface area contributed by atoms with E-state index >= 15 is 0 Å². The van der Waals surface area contributed by atoms with Crippen molar-refractivity contribution in [3.63, 3.8) is 0 Å². The Morgan fingerprint density at radius 2 is 1.57 bits per heavy atom. The number of allylic oxidation sites excluding steroid dienone is 5. The molecule has 14 heavy (non-hydrogen) atoms. The second-order valence-electron chi connectivity index (χ2n) is 3.34. The van der Waals surface area contributed by atoms with Crippen LogP contribution in [-0.2, 0) is 5.11 Å². The molecule has 0 bridgehead atoms. The van der Waals surface area contributed by atoms with E-state index in [1.54, 1.807) is 6.08 Å². The first-order valence-electron chi connectivity index (χ1n) is 5.52. The Labute approximate surface area is 87.8 Å². The van der Waals surface area contributed by atoms with Crippen molar-refractivity contribution in [1.82, 2.24) is 0 Å². The van der Waals surface area contributed by atoms with E-state index < -0.39 is 0 Å². The van der Waals surface area contributed by atoms with Crippen molar-refractivity contribution in [3.8, 4) is 0 Å². The molecule has 0 aliphatic rings. The van der Waals surface area contributed by atoms with Crippen molar-refractivity contribution < 1.29 is 5.11 Å². The zero-order valence-electron chi connectivity index (χ0n) is 9.11. The van der Waals surface area contributed by atoms with Crippen LogP contribution in [0.15, 0.2) is 36.6 Å². The first-order chi connectivity index (χ1) is 6.91. The van der Waals surface area contributed by atoms with Gasteiger partial charge in [-0.15, -0.1) is 0 Å². The molecule has 0 aromatic heterocycles. The van der Waals surface area contributed by atoms with Gasteiger partial charge >= 0.3 is 0 Å². The highest BCUT2D eigenvalue weighted by atomic mass is 16.2.